The molecule has 1 aromatic carbocycles. The van der Waals surface area contributed by atoms with Crippen molar-refractivity contribution in [3.8, 4) is 5.75 Å². The van der Waals surface area contributed by atoms with Crippen LogP contribution in [-0.4, -0.2) is 90.5 Å². The summed E-state index contributed by atoms with van der Waals surface area (Å²) < 4.78 is 4.64. The zero-order chi connectivity index (χ0) is 33.0. The van der Waals surface area contributed by atoms with Crippen LogP contribution in [0.4, 0.5) is 0 Å². The van der Waals surface area contributed by atoms with Gasteiger partial charge in [-0.25, -0.2) is 0 Å². The van der Waals surface area contributed by atoms with Crippen molar-refractivity contribution >= 4 is 53.8 Å². The molecule has 1 aliphatic rings. The van der Waals surface area contributed by atoms with Crippen LogP contribution < -0.4 is 27.0 Å². The molecule has 268 valence electrons. The van der Waals surface area contributed by atoms with E-state index in [1.54, 1.807) is 12.1 Å². The average molecular weight is 704 g/mol. The molecule has 9 N–H and O–H groups in total. The molecule has 0 bridgehead atoms. The molecule has 1 aliphatic carbocycles. The van der Waals surface area contributed by atoms with E-state index < -0.39 is 35.8 Å². The highest BCUT2D eigenvalue weighted by Gasteiger charge is 2.27. The Balaban J connectivity index is 0.0000106. The number of nitrogens with two attached hydrogens (primary N) is 1. The number of methoxy groups -OCH3 is 1. The molecule has 1 fully saturated rings. The first-order valence-corrected chi connectivity index (χ1v) is 17.3. The fraction of sp³-hybridized carbons (Fsp3) is 0.656. The second-order valence-electron chi connectivity index (χ2n) is 11.6. The molecule has 0 aliphatic heterocycles. The summed E-state index contributed by atoms with van der Waals surface area (Å²) in [5, 5.41) is 20.5. The molecular formula is C32H54ClN5O8S. The number of benzene rings is 1. The number of thioether (sulfide) groups is 1. The summed E-state index contributed by atoms with van der Waals surface area (Å²) in [4.78, 5) is 63.1. The first-order valence-electron chi connectivity index (χ1n) is 15.9. The molecule has 0 aromatic heterocycles. The van der Waals surface area contributed by atoms with Crippen LogP contribution in [0.25, 0.3) is 0 Å². The number of carbonyl (C=O) groups is 5. The topological polar surface area (TPSA) is 220 Å². The monoisotopic (exact) mass is 703 g/mol. The molecule has 13 nitrogen and oxygen atoms in total. The van der Waals surface area contributed by atoms with Crippen molar-refractivity contribution in [3.63, 3.8) is 0 Å². The van der Waals surface area contributed by atoms with Gasteiger partial charge in [0.25, 0.3) is 0 Å². The molecule has 0 unspecified atom stereocenters. The Bertz CT molecular complexity index is 1090. The molecule has 0 radical (unpaired) electrons. The van der Waals surface area contributed by atoms with Crippen molar-refractivity contribution < 1.29 is 39.3 Å². The highest BCUT2D eigenvalue weighted by molar-refractivity contribution is 7.98. The molecule has 3 atom stereocenters. The minimum Gasteiger partial charge on any atom is -0.508 e. The Hall–Kier alpha value is -3.07. The standard InChI is InChI=1S/C32H51N5O7S.ClH.H2O/c1-44-29(40)11-7-4-8-17-34-32(43)27(20-22-9-5-3-6-10-22)36-28(39)21-35-31(42)26(16-18-45-2)37-30(41)25(33)19-23-12-14-24(38)15-13-23;;/h12-15,22,25-27,38H,3-11,16-21,33H2,1-2H3,(H,34,43)(H,35,42)(H,36,39)(H,37,41);1H;1H2/t25-,26+,27-;;/m0../s1. The fourth-order valence-corrected chi connectivity index (χ4v) is 5.76. The smallest absolute Gasteiger partial charge is 0.305 e. The summed E-state index contributed by atoms with van der Waals surface area (Å²) in [5.74, 6) is -0.968. The summed E-state index contributed by atoms with van der Waals surface area (Å²) in [6, 6.07) is 3.86. The molecule has 0 spiro atoms. The predicted octanol–water partition coefficient (Wildman–Crippen LogP) is 1.52. The Labute approximate surface area is 288 Å². The summed E-state index contributed by atoms with van der Waals surface area (Å²) in [6.07, 6.45) is 10.9. The summed E-state index contributed by atoms with van der Waals surface area (Å²) in [5.41, 5.74) is 6.86. The van der Waals surface area contributed by atoms with Crippen molar-refractivity contribution in [1.82, 2.24) is 21.3 Å². The van der Waals surface area contributed by atoms with E-state index in [-0.39, 0.29) is 48.5 Å². The number of nitrogens with one attached hydrogen (secondary N) is 4. The van der Waals surface area contributed by atoms with Crippen molar-refractivity contribution in [1.29, 1.82) is 0 Å². The third kappa shape index (κ3) is 18.2. The van der Waals surface area contributed by atoms with Gasteiger partial charge in [0, 0.05) is 13.0 Å². The van der Waals surface area contributed by atoms with E-state index in [4.69, 9.17) is 5.73 Å². The second-order valence-corrected chi connectivity index (χ2v) is 12.6. The Kier molecular flexibility index (Phi) is 23.4. The van der Waals surface area contributed by atoms with E-state index >= 15 is 0 Å². The van der Waals surface area contributed by atoms with Gasteiger partial charge in [0.05, 0.1) is 19.7 Å². The van der Waals surface area contributed by atoms with E-state index in [2.05, 4.69) is 26.0 Å². The van der Waals surface area contributed by atoms with Crippen LogP contribution in [0.1, 0.15) is 76.2 Å². The SMILES string of the molecule is COC(=O)CCCCCNC(=O)[C@H](CC1CCCCC1)NC(=O)CNC(=O)[C@@H](CCSC)NC(=O)[C@@H](N)Cc1ccc(O)cc1.Cl.O. The zero-order valence-electron chi connectivity index (χ0n) is 27.5. The number of phenolic OH excluding ortho intramolecular Hbond substituents is 1. The number of halogens is 1. The maximum absolute atomic E-state index is 13.1. The van der Waals surface area contributed by atoms with E-state index in [9.17, 15) is 29.1 Å². The summed E-state index contributed by atoms with van der Waals surface area (Å²) in [6.45, 7) is 0.0888. The van der Waals surface area contributed by atoms with Gasteiger partial charge in [-0.05, 0) is 67.7 Å². The number of carbonyl (C=O) groups excluding carboxylic acids is 5. The molecule has 0 heterocycles. The molecule has 4 amide bonds. The van der Waals surface area contributed by atoms with E-state index in [0.717, 1.165) is 37.7 Å². The summed E-state index contributed by atoms with van der Waals surface area (Å²) in [7, 11) is 1.36. The predicted molar refractivity (Wildman–Crippen MR) is 185 cm³/mol. The van der Waals surface area contributed by atoms with Crippen LogP contribution in [-0.2, 0) is 35.1 Å². The highest BCUT2D eigenvalue weighted by atomic mass is 35.5. The number of phenols is 1. The Morgan fingerprint density at radius 3 is 2.23 bits per heavy atom. The molecule has 2 rings (SSSR count). The van der Waals surface area contributed by atoms with Gasteiger partial charge >= 0.3 is 5.97 Å². The highest BCUT2D eigenvalue weighted by Crippen LogP contribution is 2.27. The van der Waals surface area contributed by atoms with Crippen LogP contribution in [0, 0.1) is 5.92 Å². The lowest BCUT2D eigenvalue weighted by Crippen LogP contribution is -2.54. The van der Waals surface area contributed by atoms with E-state index in [0.29, 0.717) is 50.3 Å². The van der Waals surface area contributed by atoms with Gasteiger partial charge in [0.1, 0.15) is 17.8 Å². The number of hydrogen-bond donors (Lipinski definition) is 6. The Morgan fingerprint density at radius 2 is 1.60 bits per heavy atom. The van der Waals surface area contributed by atoms with Gasteiger partial charge in [-0.15, -0.1) is 12.4 Å². The van der Waals surface area contributed by atoms with Gasteiger partial charge in [-0.3, -0.25) is 24.0 Å². The van der Waals surface area contributed by atoms with E-state index in [1.807, 2.05) is 6.26 Å². The van der Waals surface area contributed by atoms with Crippen LogP contribution in [0.3, 0.4) is 0 Å². The lowest BCUT2D eigenvalue weighted by Gasteiger charge is -2.27. The first kappa shape index (κ1) is 43.9. The van der Waals surface area contributed by atoms with Crippen LogP contribution in [0.5, 0.6) is 5.75 Å². The molecule has 1 saturated carbocycles. The fourth-order valence-electron chi connectivity index (χ4n) is 5.29. The summed E-state index contributed by atoms with van der Waals surface area (Å²) >= 11 is 1.52. The molecule has 47 heavy (non-hydrogen) atoms. The van der Waals surface area contributed by atoms with Crippen LogP contribution in [0.15, 0.2) is 24.3 Å². The second kappa shape index (κ2) is 25.0. The minimum atomic E-state index is -0.908. The maximum atomic E-state index is 13.1. The van der Waals surface area contributed by atoms with Crippen molar-refractivity contribution in [2.75, 3.05) is 32.2 Å². The Morgan fingerprint density at radius 1 is 0.936 bits per heavy atom. The van der Waals surface area contributed by atoms with Gasteiger partial charge in [-0.1, -0.05) is 50.7 Å². The van der Waals surface area contributed by atoms with Gasteiger partial charge in [0.15, 0.2) is 0 Å². The lowest BCUT2D eigenvalue weighted by molar-refractivity contribution is -0.140. The maximum Gasteiger partial charge on any atom is 0.305 e. The molecule has 15 heteroatoms. The van der Waals surface area contributed by atoms with Crippen molar-refractivity contribution in [2.24, 2.45) is 11.7 Å². The van der Waals surface area contributed by atoms with E-state index in [1.165, 1.54) is 37.4 Å². The van der Waals surface area contributed by atoms with Gasteiger partial charge in [-0.2, -0.15) is 11.8 Å². The number of aromatic hydroxyl groups is 1. The van der Waals surface area contributed by atoms with Crippen molar-refractivity contribution in [2.45, 2.75) is 95.2 Å². The number of rotatable bonds is 20. The number of amides is 4. The molecular weight excluding hydrogens is 650 g/mol. The number of esters is 1. The average Bonchev–Trinajstić information content (AvgIpc) is 3.04. The quantitative estimate of drug-likeness (QED) is 0.0855. The number of unbranched alkanes of at least 4 members (excludes halogenated alkanes) is 2. The zero-order valence-corrected chi connectivity index (χ0v) is 29.1. The molecule has 1 aromatic rings. The van der Waals surface area contributed by atoms with Crippen LogP contribution in [0.2, 0.25) is 0 Å². The van der Waals surface area contributed by atoms with Crippen LogP contribution >= 0.6 is 24.2 Å². The normalized spacial score (nSPS) is 14.6. The largest absolute Gasteiger partial charge is 0.508 e. The number of hydrogen-bond acceptors (Lipinski definition) is 9. The molecule has 0 saturated heterocycles. The lowest BCUT2D eigenvalue weighted by atomic mass is 9.84. The first-order chi connectivity index (χ1) is 21.6. The minimum absolute atomic E-state index is 0. The van der Waals surface area contributed by atoms with Gasteiger partial charge < -0.3 is 42.3 Å². The third-order valence-corrected chi connectivity index (χ3v) is 8.57. The van der Waals surface area contributed by atoms with Gasteiger partial charge in [0.2, 0.25) is 23.6 Å². The number of ether oxygens (including phenoxy) is 1. The van der Waals surface area contributed by atoms with Crippen molar-refractivity contribution in [3.05, 3.63) is 29.8 Å². The third-order valence-electron chi connectivity index (χ3n) is 7.93.